The Morgan fingerprint density at radius 3 is 2.61 bits per heavy atom. The number of piperazine rings is 1. The Morgan fingerprint density at radius 1 is 1.22 bits per heavy atom. The summed E-state index contributed by atoms with van der Waals surface area (Å²) in [6.07, 6.45) is 0. The van der Waals surface area contributed by atoms with Crippen LogP contribution in [0.1, 0.15) is 16.7 Å². The van der Waals surface area contributed by atoms with Crippen LogP contribution < -0.4 is 5.73 Å². The van der Waals surface area contributed by atoms with Crippen LogP contribution in [0.4, 0.5) is 0 Å². The molecule has 0 unspecified atom stereocenters. The molecule has 2 heterocycles. The van der Waals surface area contributed by atoms with E-state index in [1.807, 2.05) is 0 Å². The van der Waals surface area contributed by atoms with Crippen molar-refractivity contribution in [1.29, 1.82) is 0 Å². The van der Waals surface area contributed by atoms with Crippen molar-refractivity contribution in [3.8, 4) is 11.8 Å². The SMILES string of the molecule is CCN1CCN(Cc2ccc(C#CCN)s2)CC1. The van der Waals surface area contributed by atoms with Gasteiger partial charge in [0.25, 0.3) is 0 Å². The quantitative estimate of drug-likeness (QED) is 0.832. The summed E-state index contributed by atoms with van der Waals surface area (Å²) < 4.78 is 0. The maximum Gasteiger partial charge on any atom is 0.0772 e. The minimum atomic E-state index is 0.437. The third-order valence-electron chi connectivity index (χ3n) is 3.27. The van der Waals surface area contributed by atoms with Crippen LogP contribution in [-0.2, 0) is 6.54 Å². The third-order valence-corrected chi connectivity index (χ3v) is 4.25. The van der Waals surface area contributed by atoms with Gasteiger partial charge in [-0.25, -0.2) is 0 Å². The Hall–Kier alpha value is -0.860. The fraction of sp³-hybridized carbons (Fsp3) is 0.571. The van der Waals surface area contributed by atoms with Gasteiger partial charge in [0.15, 0.2) is 0 Å². The van der Waals surface area contributed by atoms with E-state index in [0.29, 0.717) is 6.54 Å². The lowest BCUT2D eigenvalue weighted by Crippen LogP contribution is -2.45. The Bertz CT molecular complexity index is 422. The van der Waals surface area contributed by atoms with Gasteiger partial charge in [-0.2, -0.15) is 0 Å². The molecule has 0 aromatic carbocycles. The molecule has 0 amide bonds. The Morgan fingerprint density at radius 2 is 1.94 bits per heavy atom. The third kappa shape index (κ3) is 3.82. The van der Waals surface area contributed by atoms with Crippen molar-refractivity contribution in [1.82, 2.24) is 9.80 Å². The van der Waals surface area contributed by atoms with E-state index in [2.05, 4.69) is 40.7 Å². The first-order chi connectivity index (χ1) is 8.81. The minimum Gasteiger partial charge on any atom is -0.320 e. The van der Waals surface area contributed by atoms with Crippen LogP contribution in [-0.4, -0.2) is 49.1 Å². The van der Waals surface area contributed by atoms with E-state index >= 15 is 0 Å². The van der Waals surface area contributed by atoms with Gasteiger partial charge in [-0.15, -0.1) is 11.3 Å². The van der Waals surface area contributed by atoms with Gasteiger partial charge in [0, 0.05) is 37.6 Å². The van der Waals surface area contributed by atoms with Crippen molar-refractivity contribution in [2.24, 2.45) is 5.73 Å². The summed E-state index contributed by atoms with van der Waals surface area (Å²) in [7, 11) is 0. The fourth-order valence-electron chi connectivity index (χ4n) is 2.15. The minimum absolute atomic E-state index is 0.437. The molecule has 98 valence electrons. The number of hydrogen-bond acceptors (Lipinski definition) is 4. The molecule has 3 nitrogen and oxygen atoms in total. The van der Waals surface area contributed by atoms with E-state index in [9.17, 15) is 0 Å². The number of nitrogens with zero attached hydrogens (tertiary/aromatic N) is 2. The summed E-state index contributed by atoms with van der Waals surface area (Å²) in [5, 5.41) is 0. The molecule has 0 saturated carbocycles. The van der Waals surface area contributed by atoms with E-state index in [1.54, 1.807) is 11.3 Å². The number of nitrogens with two attached hydrogens (primary N) is 1. The zero-order valence-electron chi connectivity index (χ0n) is 11.0. The molecule has 0 atom stereocenters. The topological polar surface area (TPSA) is 32.5 Å². The molecule has 4 heteroatoms. The normalized spacial score (nSPS) is 17.4. The number of hydrogen-bond donors (Lipinski definition) is 1. The maximum atomic E-state index is 5.38. The van der Waals surface area contributed by atoms with Crippen LogP contribution in [0.15, 0.2) is 12.1 Å². The maximum absolute atomic E-state index is 5.38. The molecular weight excluding hydrogens is 242 g/mol. The predicted octanol–water partition coefficient (Wildman–Crippen LogP) is 1.20. The monoisotopic (exact) mass is 263 g/mol. The summed E-state index contributed by atoms with van der Waals surface area (Å²) in [6.45, 7) is 9.65. The largest absolute Gasteiger partial charge is 0.320 e. The highest BCUT2D eigenvalue weighted by Crippen LogP contribution is 2.18. The van der Waals surface area contributed by atoms with E-state index < -0.39 is 0 Å². The van der Waals surface area contributed by atoms with Gasteiger partial charge in [-0.05, 0) is 18.7 Å². The van der Waals surface area contributed by atoms with Crippen molar-refractivity contribution in [3.63, 3.8) is 0 Å². The van der Waals surface area contributed by atoms with E-state index in [-0.39, 0.29) is 0 Å². The number of thiophene rings is 1. The van der Waals surface area contributed by atoms with Gasteiger partial charge in [-0.1, -0.05) is 18.8 Å². The van der Waals surface area contributed by atoms with Crippen molar-refractivity contribution >= 4 is 11.3 Å². The summed E-state index contributed by atoms with van der Waals surface area (Å²) in [4.78, 5) is 7.56. The van der Waals surface area contributed by atoms with Gasteiger partial charge in [0.2, 0.25) is 0 Å². The van der Waals surface area contributed by atoms with Gasteiger partial charge < -0.3 is 10.6 Å². The van der Waals surface area contributed by atoms with Crippen molar-refractivity contribution in [2.75, 3.05) is 39.3 Å². The lowest BCUT2D eigenvalue weighted by atomic mass is 10.3. The Kier molecular flexibility index (Phi) is 5.21. The molecule has 0 bridgehead atoms. The van der Waals surface area contributed by atoms with Crippen LogP contribution in [0, 0.1) is 11.8 Å². The Balaban J connectivity index is 1.85. The first-order valence-electron chi connectivity index (χ1n) is 6.54. The molecule has 1 aromatic rings. The van der Waals surface area contributed by atoms with Gasteiger partial charge >= 0.3 is 0 Å². The van der Waals surface area contributed by atoms with E-state index in [1.165, 1.54) is 37.6 Å². The van der Waals surface area contributed by atoms with Crippen LogP contribution in [0.2, 0.25) is 0 Å². The van der Waals surface area contributed by atoms with Crippen LogP contribution in [0.3, 0.4) is 0 Å². The summed E-state index contributed by atoms with van der Waals surface area (Å²) in [6, 6.07) is 4.29. The second-order valence-electron chi connectivity index (χ2n) is 4.48. The van der Waals surface area contributed by atoms with Crippen LogP contribution in [0.25, 0.3) is 0 Å². The second kappa shape index (κ2) is 6.91. The molecule has 1 saturated heterocycles. The van der Waals surface area contributed by atoms with Crippen molar-refractivity contribution < 1.29 is 0 Å². The molecule has 0 aliphatic carbocycles. The molecule has 0 spiro atoms. The van der Waals surface area contributed by atoms with Gasteiger partial charge in [0.05, 0.1) is 11.4 Å². The number of likely N-dealkylation sites (N-methyl/N-ethyl adjacent to an activating group) is 1. The first-order valence-corrected chi connectivity index (χ1v) is 7.36. The van der Waals surface area contributed by atoms with Gasteiger partial charge in [0.1, 0.15) is 0 Å². The predicted molar refractivity (Wildman–Crippen MR) is 77.6 cm³/mol. The molecule has 1 fully saturated rings. The van der Waals surface area contributed by atoms with Crippen molar-refractivity contribution in [3.05, 3.63) is 21.9 Å². The summed E-state index contributed by atoms with van der Waals surface area (Å²) in [5.41, 5.74) is 5.38. The summed E-state index contributed by atoms with van der Waals surface area (Å²) in [5.74, 6) is 6.00. The molecule has 2 rings (SSSR count). The average molecular weight is 263 g/mol. The van der Waals surface area contributed by atoms with E-state index in [4.69, 9.17) is 5.73 Å². The Labute approximate surface area is 114 Å². The molecular formula is C14H21N3S. The molecule has 18 heavy (non-hydrogen) atoms. The highest BCUT2D eigenvalue weighted by molar-refractivity contribution is 7.12. The molecule has 1 aliphatic heterocycles. The molecule has 1 aliphatic rings. The highest BCUT2D eigenvalue weighted by atomic mass is 32.1. The lowest BCUT2D eigenvalue weighted by Gasteiger charge is -2.33. The van der Waals surface area contributed by atoms with E-state index in [0.717, 1.165) is 11.4 Å². The zero-order chi connectivity index (χ0) is 12.8. The molecule has 1 aromatic heterocycles. The second-order valence-corrected chi connectivity index (χ2v) is 5.65. The van der Waals surface area contributed by atoms with Gasteiger partial charge in [-0.3, -0.25) is 4.90 Å². The molecule has 2 N–H and O–H groups in total. The highest BCUT2D eigenvalue weighted by Gasteiger charge is 2.15. The molecule has 0 radical (unpaired) electrons. The lowest BCUT2D eigenvalue weighted by molar-refractivity contribution is 0.133. The summed E-state index contributed by atoms with van der Waals surface area (Å²) >= 11 is 1.79. The number of rotatable bonds is 3. The zero-order valence-corrected chi connectivity index (χ0v) is 11.8. The van der Waals surface area contributed by atoms with Crippen LogP contribution in [0.5, 0.6) is 0 Å². The average Bonchev–Trinajstić information content (AvgIpc) is 2.85. The first kappa shape index (κ1) is 13.6. The fourth-order valence-corrected chi connectivity index (χ4v) is 3.08. The smallest absolute Gasteiger partial charge is 0.0772 e. The standard InChI is InChI=1S/C14H21N3S/c1-2-16-8-10-17(11-9-16)12-14-6-5-13(18-14)4-3-7-15/h5-6H,2,7-12,15H2,1H3. The van der Waals surface area contributed by atoms with Crippen LogP contribution >= 0.6 is 11.3 Å². The van der Waals surface area contributed by atoms with Crippen molar-refractivity contribution in [2.45, 2.75) is 13.5 Å².